The molecule has 0 unspecified atom stereocenters. The lowest BCUT2D eigenvalue weighted by Gasteiger charge is -2.24. The minimum absolute atomic E-state index is 0.209. The third kappa shape index (κ3) is 3.44. The molecule has 114 valence electrons. The highest BCUT2D eigenvalue weighted by molar-refractivity contribution is 7.54. The molecule has 5 nitrogen and oxygen atoms in total. The normalized spacial score (nSPS) is 13.5. The fraction of sp³-hybridized carbons (Fsp3) is 0.357. The van der Waals surface area contributed by atoms with Gasteiger partial charge in [0.1, 0.15) is 10.9 Å². The fourth-order valence-electron chi connectivity index (χ4n) is 2.04. The summed E-state index contributed by atoms with van der Waals surface area (Å²) in [5, 5.41) is 1.08. The largest absolute Gasteiger partial charge is 0.351 e. The molecule has 0 spiro atoms. The maximum atomic E-state index is 12.7. The zero-order chi connectivity index (χ0) is 15.5. The Bertz CT molecular complexity index is 670. The predicted octanol–water partition coefficient (Wildman–Crippen LogP) is 4.11. The molecule has 7 heteroatoms. The summed E-state index contributed by atoms with van der Waals surface area (Å²) in [6.07, 6.45) is 0. The van der Waals surface area contributed by atoms with Crippen LogP contribution in [-0.2, 0) is 13.6 Å². The molecule has 1 aromatic carbocycles. The fourth-order valence-corrected chi connectivity index (χ4v) is 4.04. The van der Waals surface area contributed by atoms with Crippen molar-refractivity contribution in [2.24, 2.45) is 5.73 Å². The van der Waals surface area contributed by atoms with Crippen molar-refractivity contribution in [2.45, 2.75) is 19.6 Å². The molecule has 1 atom stereocenters. The Balaban J connectivity index is 2.48. The molecule has 0 amide bonds. The first kappa shape index (κ1) is 16.4. The molecule has 1 aromatic heterocycles. The Labute approximate surface area is 128 Å². The molecule has 21 heavy (non-hydrogen) atoms. The number of aromatic nitrogens is 1. The van der Waals surface area contributed by atoms with Gasteiger partial charge in [-0.2, -0.15) is 0 Å². The number of pyridine rings is 1. The van der Waals surface area contributed by atoms with Crippen LogP contribution in [0.15, 0.2) is 30.3 Å². The molecule has 1 heterocycles. The third-order valence-corrected chi connectivity index (χ3v) is 5.48. The summed E-state index contributed by atoms with van der Waals surface area (Å²) in [5.74, 6) is -0.970. The number of hydrogen-bond donors (Lipinski definition) is 1. The van der Waals surface area contributed by atoms with Gasteiger partial charge in [-0.05, 0) is 26.0 Å². The van der Waals surface area contributed by atoms with Crippen molar-refractivity contribution in [2.75, 3.05) is 13.2 Å². The van der Waals surface area contributed by atoms with Crippen LogP contribution >= 0.6 is 19.2 Å². The maximum absolute atomic E-state index is 12.7. The van der Waals surface area contributed by atoms with E-state index in [-0.39, 0.29) is 18.4 Å². The van der Waals surface area contributed by atoms with Crippen molar-refractivity contribution >= 4 is 30.1 Å². The topological polar surface area (TPSA) is 74.4 Å². The number of nitrogens with two attached hydrogens (primary N) is 1. The molecule has 2 N–H and O–H groups in total. The summed E-state index contributed by atoms with van der Waals surface area (Å²) in [4.78, 5) is 4.28. The van der Waals surface area contributed by atoms with E-state index in [9.17, 15) is 4.57 Å². The van der Waals surface area contributed by atoms with Gasteiger partial charge in [0.2, 0.25) is 0 Å². The lowest BCUT2D eigenvalue weighted by atomic mass is 10.1. The first-order valence-electron chi connectivity index (χ1n) is 6.71. The molecule has 2 rings (SSSR count). The minimum Gasteiger partial charge on any atom is -0.314 e. The van der Waals surface area contributed by atoms with Crippen LogP contribution in [0.3, 0.4) is 0 Å². The standard InChI is InChI=1S/C14H18ClN2O3P/c1-3-19-21(18,20-4-2)14(16)11-9-10-7-5-6-8-12(10)17-13(11)15/h5-9,14H,3-4,16H2,1-2H3/t14-/m1/s1. The summed E-state index contributed by atoms with van der Waals surface area (Å²) < 4.78 is 23.3. The van der Waals surface area contributed by atoms with E-state index in [1.807, 2.05) is 24.3 Å². The minimum atomic E-state index is -3.48. The number of para-hydroxylation sites is 1. The average molecular weight is 329 g/mol. The van der Waals surface area contributed by atoms with Crippen molar-refractivity contribution in [3.05, 3.63) is 41.0 Å². The van der Waals surface area contributed by atoms with E-state index in [0.717, 1.165) is 10.9 Å². The van der Waals surface area contributed by atoms with Gasteiger partial charge in [0.15, 0.2) is 0 Å². The SMILES string of the molecule is CCOP(=O)(OCC)[C@@H](N)c1cc2ccccc2nc1Cl. The highest BCUT2D eigenvalue weighted by Crippen LogP contribution is 2.59. The zero-order valence-electron chi connectivity index (χ0n) is 12.0. The molecule has 0 saturated heterocycles. The molecule has 0 radical (unpaired) electrons. The molecular formula is C14H18ClN2O3P. The molecule has 0 aliphatic carbocycles. The van der Waals surface area contributed by atoms with Crippen LogP contribution in [0.25, 0.3) is 10.9 Å². The Morgan fingerprint density at radius 2 is 1.90 bits per heavy atom. The smallest absolute Gasteiger partial charge is 0.314 e. The maximum Gasteiger partial charge on any atom is 0.351 e. The molecule has 0 saturated carbocycles. The first-order valence-corrected chi connectivity index (χ1v) is 8.70. The Kier molecular flexibility index (Phi) is 5.36. The number of fused-ring (bicyclic) bond motifs is 1. The van der Waals surface area contributed by atoms with E-state index < -0.39 is 13.4 Å². The van der Waals surface area contributed by atoms with Gasteiger partial charge in [0.25, 0.3) is 0 Å². The van der Waals surface area contributed by atoms with E-state index in [1.54, 1.807) is 19.9 Å². The van der Waals surface area contributed by atoms with Crippen molar-refractivity contribution in [1.82, 2.24) is 4.98 Å². The Morgan fingerprint density at radius 3 is 2.52 bits per heavy atom. The summed E-state index contributed by atoms with van der Waals surface area (Å²) >= 11 is 6.18. The molecule has 0 bridgehead atoms. The van der Waals surface area contributed by atoms with Gasteiger partial charge in [-0.1, -0.05) is 29.8 Å². The lowest BCUT2D eigenvalue weighted by molar-refractivity contribution is 0.212. The van der Waals surface area contributed by atoms with Gasteiger partial charge in [-0.25, -0.2) is 4.98 Å². The van der Waals surface area contributed by atoms with Gasteiger partial charge < -0.3 is 14.8 Å². The number of hydrogen-bond acceptors (Lipinski definition) is 5. The van der Waals surface area contributed by atoms with Crippen LogP contribution in [-0.4, -0.2) is 18.2 Å². The lowest BCUT2D eigenvalue weighted by Crippen LogP contribution is -2.16. The van der Waals surface area contributed by atoms with E-state index >= 15 is 0 Å². The second-order valence-corrected chi connectivity index (χ2v) is 6.89. The highest BCUT2D eigenvalue weighted by atomic mass is 35.5. The van der Waals surface area contributed by atoms with E-state index in [0.29, 0.717) is 5.56 Å². The molecule has 2 aromatic rings. The van der Waals surface area contributed by atoms with Gasteiger partial charge in [0, 0.05) is 10.9 Å². The van der Waals surface area contributed by atoms with Crippen molar-refractivity contribution in [1.29, 1.82) is 0 Å². The van der Waals surface area contributed by atoms with Crippen LogP contribution < -0.4 is 5.73 Å². The average Bonchev–Trinajstić information content (AvgIpc) is 2.46. The van der Waals surface area contributed by atoms with Crippen LogP contribution in [0.4, 0.5) is 0 Å². The number of rotatable bonds is 6. The monoisotopic (exact) mass is 328 g/mol. The quantitative estimate of drug-likeness (QED) is 0.638. The third-order valence-electron chi connectivity index (χ3n) is 2.98. The number of benzene rings is 1. The summed E-state index contributed by atoms with van der Waals surface area (Å²) in [7, 11) is -3.48. The van der Waals surface area contributed by atoms with Crippen LogP contribution in [0.1, 0.15) is 25.2 Å². The van der Waals surface area contributed by atoms with Gasteiger partial charge >= 0.3 is 7.60 Å². The predicted molar refractivity (Wildman–Crippen MR) is 84.5 cm³/mol. The van der Waals surface area contributed by atoms with E-state index in [4.69, 9.17) is 26.4 Å². The summed E-state index contributed by atoms with van der Waals surface area (Å²) in [5.41, 5.74) is 7.31. The van der Waals surface area contributed by atoms with E-state index in [1.165, 1.54) is 0 Å². The number of halogens is 1. The number of nitrogens with zero attached hydrogens (tertiary/aromatic N) is 1. The van der Waals surface area contributed by atoms with Crippen LogP contribution in [0, 0.1) is 0 Å². The second-order valence-electron chi connectivity index (χ2n) is 4.38. The summed E-state index contributed by atoms with van der Waals surface area (Å²) in [6.45, 7) is 3.95. The van der Waals surface area contributed by atoms with E-state index in [2.05, 4.69) is 4.98 Å². The van der Waals surface area contributed by atoms with Crippen molar-refractivity contribution in [3.8, 4) is 0 Å². The van der Waals surface area contributed by atoms with Gasteiger partial charge in [-0.15, -0.1) is 0 Å². The first-order chi connectivity index (χ1) is 10.0. The highest BCUT2D eigenvalue weighted by Gasteiger charge is 2.35. The van der Waals surface area contributed by atoms with Crippen LogP contribution in [0.2, 0.25) is 5.15 Å². The second kappa shape index (κ2) is 6.86. The summed E-state index contributed by atoms with van der Waals surface area (Å²) in [6, 6.07) is 9.27. The van der Waals surface area contributed by atoms with Crippen molar-refractivity contribution < 1.29 is 13.6 Å². The molecule has 0 aliphatic heterocycles. The van der Waals surface area contributed by atoms with Crippen molar-refractivity contribution in [3.63, 3.8) is 0 Å². The van der Waals surface area contributed by atoms with Gasteiger partial charge in [-0.3, -0.25) is 4.57 Å². The molecular weight excluding hydrogens is 311 g/mol. The Hall–Kier alpha value is -0.970. The molecule has 0 fully saturated rings. The van der Waals surface area contributed by atoms with Gasteiger partial charge in [0.05, 0.1) is 18.7 Å². The zero-order valence-corrected chi connectivity index (χ0v) is 13.6. The van der Waals surface area contributed by atoms with Crippen LogP contribution in [0.5, 0.6) is 0 Å². The molecule has 0 aliphatic rings. The Morgan fingerprint density at radius 1 is 1.29 bits per heavy atom.